The molecule has 0 unspecified atom stereocenters. The first kappa shape index (κ1) is 19.4. The number of urea groups is 1. The first-order chi connectivity index (χ1) is 10.9. The van der Waals surface area contributed by atoms with Crippen LogP contribution in [0.4, 0.5) is 13.6 Å². The molecule has 23 heavy (non-hydrogen) atoms. The largest absolute Gasteiger partial charge is 0.338 e. The van der Waals surface area contributed by atoms with Crippen molar-refractivity contribution in [2.45, 2.75) is 39.2 Å². The van der Waals surface area contributed by atoms with Crippen molar-refractivity contribution in [3.8, 4) is 0 Å². The van der Waals surface area contributed by atoms with Crippen molar-refractivity contribution in [2.75, 3.05) is 26.7 Å². The van der Waals surface area contributed by atoms with Gasteiger partial charge in [0.25, 0.3) is 0 Å². The van der Waals surface area contributed by atoms with Gasteiger partial charge in [0.15, 0.2) is 0 Å². The maximum atomic E-state index is 13.4. The number of amides is 2. The number of halogens is 2. The van der Waals surface area contributed by atoms with E-state index in [1.807, 2.05) is 0 Å². The van der Waals surface area contributed by atoms with E-state index < -0.39 is 11.6 Å². The number of nitrogens with zero attached hydrogens (tertiary/aromatic N) is 1. The van der Waals surface area contributed by atoms with Gasteiger partial charge in [-0.3, -0.25) is 0 Å². The van der Waals surface area contributed by atoms with Crippen molar-refractivity contribution < 1.29 is 13.6 Å². The minimum atomic E-state index is -0.582. The first-order valence-electron chi connectivity index (χ1n) is 8.06. The van der Waals surface area contributed by atoms with Crippen molar-refractivity contribution in [1.82, 2.24) is 15.5 Å². The van der Waals surface area contributed by atoms with Gasteiger partial charge >= 0.3 is 6.03 Å². The van der Waals surface area contributed by atoms with Gasteiger partial charge in [0, 0.05) is 24.7 Å². The van der Waals surface area contributed by atoms with Crippen LogP contribution in [0.25, 0.3) is 0 Å². The van der Waals surface area contributed by atoms with E-state index in [1.165, 1.54) is 18.2 Å². The van der Waals surface area contributed by atoms with E-state index in [0.29, 0.717) is 12.6 Å². The Labute approximate surface area is 137 Å². The Hall–Kier alpha value is -1.69. The number of nitrogens with one attached hydrogen (secondary N) is 2. The number of carbonyl (C=O) groups excluding carboxylic acids is 1. The number of carbonyl (C=O) groups is 1. The summed E-state index contributed by atoms with van der Waals surface area (Å²) in [7, 11) is 2.08. The van der Waals surface area contributed by atoms with Gasteiger partial charge in [-0.05, 0) is 58.8 Å². The molecule has 1 rings (SSSR count). The van der Waals surface area contributed by atoms with Gasteiger partial charge in [0.1, 0.15) is 11.6 Å². The number of hydrogen-bond donors (Lipinski definition) is 2. The van der Waals surface area contributed by atoms with Gasteiger partial charge in [0.2, 0.25) is 0 Å². The summed E-state index contributed by atoms with van der Waals surface area (Å²) in [6.45, 7) is 6.06. The quantitative estimate of drug-likeness (QED) is 0.685. The maximum Gasteiger partial charge on any atom is 0.314 e. The predicted octanol–water partition coefficient (Wildman–Crippen LogP) is 2.93. The molecule has 130 valence electrons. The average molecular weight is 327 g/mol. The minimum Gasteiger partial charge on any atom is -0.338 e. The Morgan fingerprint density at radius 2 is 1.74 bits per heavy atom. The van der Waals surface area contributed by atoms with E-state index in [1.54, 1.807) is 0 Å². The van der Waals surface area contributed by atoms with Crippen LogP contribution in [0.15, 0.2) is 18.2 Å². The highest BCUT2D eigenvalue weighted by atomic mass is 19.1. The monoisotopic (exact) mass is 327 g/mol. The average Bonchev–Trinajstić information content (AvgIpc) is 2.49. The fourth-order valence-electron chi connectivity index (χ4n) is 2.08. The van der Waals surface area contributed by atoms with Crippen LogP contribution in [-0.4, -0.2) is 43.7 Å². The molecule has 2 amide bonds. The molecule has 1 aromatic rings. The van der Waals surface area contributed by atoms with Gasteiger partial charge in [-0.25, -0.2) is 13.6 Å². The van der Waals surface area contributed by atoms with E-state index in [4.69, 9.17) is 0 Å². The number of benzene rings is 1. The Bertz CT molecular complexity index is 474. The lowest BCUT2D eigenvalue weighted by atomic mass is 10.1. The molecule has 0 aliphatic rings. The van der Waals surface area contributed by atoms with E-state index in [-0.39, 0.29) is 24.6 Å². The number of rotatable bonds is 9. The summed E-state index contributed by atoms with van der Waals surface area (Å²) in [5, 5.41) is 5.35. The molecule has 6 heteroatoms. The molecule has 0 heterocycles. The molecule has 0 aromatic heterocycles. The topological polar surface area (TPSA) is 44.4 Å². The van der Waals surface area contributed by atoms with Gasteiger partial charge in [0.05, 0.1) is 0 Å². The molecular weight excluding hydrogens is 300 g/mol. The van der Waals surface area contributed by atoms with Crippen LogP contribution in [-0.2, 0) is 6.42 Å². The Morgan fingerprint density at radius 1 is 1.13 bits per heavy atom. The van der Waals surface area contributed by atoms with Crippen LogP contribution in [0.3, 0.4) is 0 Å². The third-order valence-electron chi connectivity index (χ3n) is 3.83. The summed E-state index contributed by atoms with van der Waals surface area (Å²) in [5.74, 6) is -1.16. The lowest BCUT2D eigenvalue weighted by Gasteiger charge is -2.20. The predicted molar refractivity (Wildman–Crippen MR) is 88.5 cm³/mol. The van der Waals surface area contributed by atoms with Crippen LogP contribution in [0.5, 0.6) is 0 Å². The highest BCUT2D eigenvalue weighted by Gasteiger charge is 2.08. The lowest BCUT2D eigenvalue weighted by Crippen LogP contribution is -2.37. The second-order valence-corrected chi connectivity index (χ2v) is 5.91. The van der Waals surface area contributed by atoms with Gasteiger partial charge in [-0.1, -0.05) is 6.07 Å². The maximum absolute atomic E-state index is 13.4. The van der Waals surface area contributed by atoms with Crippen LogP contribution in [0.1, 0.15) is 32.3 Å². The van der Waals surface area contributed by atoms with Gasteiger partial charge < -0.3 is 15.5 Å². The molecule has 0 saturated heterocycles. The molecule has 0 aliphatic heterocycles. The standard InChI is InChI=1S/C17H27F2N3O/c1-13(2)22(3)12-5-4-10-20-17(23)21-11-9-14-15(18)7-6-8-16(14)19/h6-8,13H,4-5,9-12H2,1-3H3,(H2,20,21,23). The fourth-order valence-corrected chi connectivity index (χ4v) is 2.08. The zero-order valence-corrected chi connectivity index (χ0v) is 14.2. The van der Waals surface area contributed by atoms with E-state index in [2.05, 4.69) is 36.4 Å². The Morgan fingerprint density at radius 3 is 2.35 bits per heavy atom. The zero-order valence-electron chi connectivity index (χ0n) is 14.2. The smallest absolute Gasteiger partial charge is 0.314 e. The number of unbranched alkanes of at least 4 members (excludes halogenated alkanes) is 1. The molecule has 0 spiro atoms. The fraction of sp³-hybridized carbons (Fsp3) is 0.588. The van der Waals surface area contributed by atoms with Crippen molar-refractivity contribution in [1.29, 1.82) is 0 Å². The van der Waals surface area contributed by atoms with Crippen molar-refractivity contribution in [3.63, 3.8) is 0 Å². The normalized spacial score (nSPS) is 11.1. The summed E-state index contributed by atoms with van der Waals surface area (Å²) in [6, 6.07) is 3.97. The van der Waals surface area contributed by atoms with Crippen LogP contribution < -0.4 is 10.6 Å². The second-order valence-electron chi connectivity index (χ2n) is 5.91. The van der Waals surface area contributed by atoms with Crippen LogP contribution in [0.2, 0.25) is 0 Å². The summed E-state index contributed by atoms with van der Waals surface area (Å²) < 4.78 is 26.8. The van der Waals surface area contributed by atoms with E-state index in [9.17, 15) is 13.6 Å². The van der Waals surface area contributed by atoms with Crippen LogP contribution in [0, 0.1) is 11.6 Å². The van der Waals surface area contributed by atoms with Crippen molar-refractivity contribution >= 4 is 6.03 Å². The molecule has 0 atom stereocenters. The molecule has 0 saturated carbocycles. The summed E-state index contributed by atoms with van der Waals surface area (Å²) in [4.78, 5) is 13.8. The molecule has 2 N–H and O–H groups in total. The molecule has 0 bridgehead atoms. The van der Waals surface area contributed by atoms with E-state index in [0.717, 1.165) is 19.4 Å². The van der Waals surface area contributed by atoms with E-state index >= 15 is 0 Å². The number of hydrogen-bond acceptors (Lipinski definition) is 2. The molecule has 0 aliphatic carbocycles. The van der Waals surface area contributed by atoms with Crippen molar-refractivity contribution in [3.05, 3.63) is 35.4 Å². The van der Waals surface area contributed by atoms with Crippen molar-refractivity contribution in [2.24, 2.45) is 0 Å². The minimum absolute atomic E-state index is 0.00419. The summed E-state index contributed by atoms with van der Waals surface area (Å²) in [5.41, 5.74) is 0.00419. The highest BCUT2D eigenvalue weighted by molar-refractivity contribution is 5.73. The molecular formula is C17H27F2N3O. The molecule has 0 radical (unpaired) electrons. The Kier molecular flexibility index (Phi) is 8.55. The summed E-state index contributed by atoms with van der Waals surface area (Å²) in [6.07, 6.45) is 2.03. The van der Waals surface area contributed by atoms with Crippen LogP contribution >= 0.6 is 0 Å². The first-order valence-corrected chi connectivity index (χ1v) is 8.06. The third kappa shape index (κ3) is 7.41. The second kappa shape index (κ2) is 10.2. The highest BCUT2D eigenvalue weighted by Crippen LogP contribution is 2.11. The van der Waals surface area contributed by atoms with Gasteiger partial charge in [-0.15, -0.1) is 0 Å². The lowest BCUT2D eigenvalue weighted by molar-refractivity contribution is 0.239. The molecule has 4 nitrogen and oxygen atoms in total. The Balaban J connectivity index is 2.13. The third-order valence-corrected chi connectivity index (χ3v) is 3.83. The van der Waals surface area contributed by atoms with Gasteiger partial charge in [-0.2, -0.15) is 0 Å². The molecule has 1 aromatic carbocycles. The SMILES string of the molecule is CC(C)N(C)CCCCNC(=O)NCCc1c(F)cccc1F. The zero-order chi connectivity index (χ0) is 17.2. The molecule has 0 fully saturated rings. The summed E-state index contributed by atoms with van der Waals surface area (Å²) >= 11 is 0.